The highest BCUT2D eigenvalue weighted by Crippen LogP contribution is 2.26. The van der Waals surface area contributed by atoms with Crippen LogP contribution in [0, 0.1) is 18.3 Å². The van der Waals surface area contributed by atoms with Crippen LogP contribution in [0.2, 0.25) is 0 Å². The van der Waals surface area contributed by atoms with Gasteiger partial charge in [-0.2, -0.15) is 14.7 Å². The Labute approximate surface area is 210 Å². The SMILES string of the molecule is Cc1ccccc1S(=O)(=O)N1CCCN(CC(CC#N)n2cc(-c3ncnc4[nH]ccc34)cn2)CC1. The van der Waals surface area contributed by atoms with E-state index in [2.05, 4.69) is 31.0 Å². The van der Waals surface area contributed by atoms with Gasteiger partial charge in [-0.25, -0.2) is 18.4 Å². The topological polar surface area (TPSA) is 124 Å². The number of nitriles is 1. The van der Waals surface area contributed by atoms with Crippen LogP contribution < -0.4 is 0 Å². The van der Waals surface area contributed by atoms with E-state index in [4.69, 9.17) is 0 Å². The zero-order valence-corrected chi connectivity index (χ0v) is 20.9. The van der Waals surface area contributed by atoms with E-state index in [0.29, 0.717) is 37.5 Å². The number of aryl methyl sites for hydroxylation is 1. The maximum atomic E-state index is 13.3. The maximum absolute atomic E-state index is 13.3. The normalized spacial score (nSPS) is 16.6. The molecule has 1 fully saturated rings. The molecule has 3 aromatic heterocycles. The summed E-state index contributed by atoms with van der Waals surface area (Å²) in [5.74, 6) is 0. The van der Waals surface area contributed by atoms with Crippen LogP contribution in [-0.4, -0.2) is 75.1 Å². The molecule has 1 N–H and O–H groups in total. The molecule has 1 unspecified atom stereocenters. The minimum atomic E-state index is -3.55. The van der Waals surface area contributed by atoms with Crippen molar-refractivity contribution in [1.29, 1.82) is 5.26 Å². The smallest absolute Gasteiger partial charge is 0.243 e. The Balaban J connectivity index is 1.30. The Morgan fingerprint density at radius 2 is 2.00 bits per heavy atom. The molecular formula is C25H28N8O2S. The lowest BCUT2D eigenvalue weighted by Crippen LogP contribution is -2.37. The minimum Gasteiger partial charge on any atom is -0.346 e. The molecule has 1 aromatic carbocycles. The van der Waals surface area contributed by atoms with Gasteiger partial charge in [0.05, 0.1) is 35.3 Å². The molecule has 4 aromatic rings. The van der Waals surface area contributed by atoms with Crippen LogP contribution in [0.4, 0.5) is 0 Å². The highest BCUT2D eigenvalue weighted by atomic mass is 32.2. The summed E-state index contributed by atoms with van der Waals surface area (Å²) >= 11 is 0. The van der Waals surface area contributed by atoms with Gasteiger partial charge in [-0.1, -0.05) is 18.2 Å². The Hall–Kier alpha value is -3.59. The molecule has 186 valence electrons. The van der Waals surface area contributed by atoms with E-state index in [0.717, 1.165) is 40.8 Å². The molecule has 0 amide bonds. The summed E-state index contributed by atoms with van der Waals surface area (Å²) < 4.78 is 29.9. The maximum Gasteiger partial charge on any atom is 0.243 e. The first-order chi connectivity index (χ1) is 17.5. The van der Waals surface area contributed by atoms with Crippen molar-refractivity contribution in [2.24, 2.45) is 0 Å². The quantitative estimate of drug-likeness (QED) is 0.410. The average molecular weight is 505 g/mol. The molecular weight excluding hydrogens is 476 g/mol. The Morgan fingerprint density at radius 1 is 1.14 bits per heavy atom. The van der Waals surface area contributed by atoms with E-state index in [1.54, 1.807) is 22.6 Å². The van der Waals surface area contributed by atoms with Gasteiger partial charge in [0.2, 0.25) is 10.0 Å². The molecule has 0 aliphatic carbocycles. The van der Waals surface area contributed by atoms with Gasteiger partial charge in [0.15, 0.2) is 0 Å². The Morgan fingerprint density at radius 3 is 2.83 bits per heavy atom. The molecule has 0 spiro atoms. The van der Waals surface area contributed by atoms with Crippen molar-refractivity contribution in [2.45, 2.75) is 30.7 Å². The lowest BCUT2D eigenvalue weighted by atomic mass is 10.1. The second-order valence-electron chi connectivity index (χ2n) is 9.01. The molecule has 0 bridgehead atoms. The monoisotopic (exact) mass is 504 g/mol. The van der Waals surface area contributed by atoms with Gasteiger partial charge in [-0.3, -0.25) is 9.58 Å². The highest BCUT2D eigenvalue weighted by Gasteiger charge is 2.29. The minimum absolute atomic E-state index is 0.160. The van der Waals surface area contributed by atoms with Crippen molar-refractivity contribution in [1.82, 2.24) is 33.9 Å². The van der Waals surface area contributed by atoms with Crippen LogP contribution in [0.15, 0.2) is 60.1 Å². The van der Waals surface area contributed by atoms with Gasteiger partial charge in [-0.05, 0) is 37.6 Å². The fourth-order valence-electron chi connectivity index (χ4n) is 4.76. The zero-order valence-electron chi connectivity index (χ0n) is 20.1. The molecule has 0 radical (unpaired) electrons. The summed E-state index contributed by atoms with van der Waals surface area (Å²) in [5.41, 5.74) is 3.16. The first-order valence-corrected chi connectivity index (χ1v) is 13.4. The standard InChI is InChI=1S/C25H28N8O2S/c1-19-5-2-3-6-23(19)36(34,35)32-12-4-11-31(13-14-32)17-21(7-9-26)33-16-20(15-30-33)24-22-8-10-27-25(22)29-18-28-24/h2-3,5-6,8,10,15-16,18,21H,4,7,11-14,17H2,1H3,(H,27,28,29). The number of H-pyrrole nitrogens is 1. The van der Waals surface area contributed by atoms with Crippen LogP contribution in [0.5, 0.6) is 0 Å². The van der Waals surface area contributed by atoms with Crippen molar-refractivity contribution in [3.63, 3.8) is 0 Å². The van der Waals surface area contributed by atoms with Crippen molar-refractivity contribution < 1.29 is 8.42 Å². The van der Waals surface area contributed by atoms with Crippen LogP contribution in [0.3, 0.4) is 0 Å². The van der Waals surface area contributed by atoms with Gasteiger partial charge in [-0.15, -0.1) is 0 Å². The van der Waals surface area contributed by atoms with E-state index >= 15 is 0 Å². The zero-order chi connectivity index (χ0) is 25.1. The van der Waals surface area contributed by atoms with Crippen molar-refractivity contribution in [3.05, 3.63) is 60.8 Å². The van der Waals surface area contributed by atoms with Gasteiger partial charge in [0.1, 0.15) is 12.0 Å². The van der Waals surface area contributed by atoms with Crippen molar-refractivity contribution >= 4 is 21.1 Å². The number of hydrogen-bond donors (Lipinski definition) is 1. The molecule has 0 saturated carbocycles. The number of sulfonamides is 1. The third-order valence-electron chi connectivity index (χ3n) is 6.66. The third-order valence-corrected chi connectivity index (χ3v) is 8.72. The summed E-state index contributed by atoms with van der Waals surface area (Å²) in [4.78, 5) is 14.4. The fourth-order valence-corrected chi connectivity index (χ4v) is 6.46. The number of hydrogen-bond acceptors (Lipinski definition) is 7. The van der Waals surface area contributed by atoms with Crippen molar-refractivity contribution in [3.8, 4) is 17.3 Å². The van der Waals surface area contributed by atoms with Gasteiger partial charge < -0.3 is 4.98 Å². The lowest BCUT2D eigenvalue weighted by molar-refractivity contribution is 0.234. The summed E-state index contributed by atoms with van der Waals surface area (Å²) in [7, 11) is -3.55. The summed E-state index contributed by atoms with van der Waals surface area (Å²) in [5, 5.41) is 15.0. The molecule has 11 heteroatoms. The molecule has 10 nitrogen and oxygen atoms in total. The van der Waals surface area contributed by atoms with Crippen LogP contribution in [0.25, 0.3) is 22.3 Å². The predicted molar refractivity (Wildman–Crippen MR) is 135 cm³/mol. The molecule has 5 rings (SSSR count). The predicted octanol–water partition coefficient (Wildman–Crippen LogP) is 2.98. The summed E-state index contributed by atoms with van der Waals surface area (Å²) in [6.07, 6.45) is 8.05. The summed E-state index contributed by atoms with van der Waals surface area (Å²) in [6.45, 7) is 4.67. The van der Waals surface area contributed by atoms with Gasteiger partial charge in [0.25, 0.3) is 0 Å². The number of benzene rings is 1. The first-order valence-electron chi connectivity index (χ1n) is 11.9. The molecule has 1 aliphatic rings. The first kappa shape index (κ1) is 24.1. The number of nitrogens with one attached hydrogen (secondary N) is 1. The number of aromatic amines is 1. The largest absolute Gasteiger partial charge is 0.346 e. The van der Waals surface area contributed by atoms with Gasteiger partial charge >= 0.3 is 0 Å². The Kier molecular flexibility index (Phi) is 6.82. The van der Waals surface area contributed by atoms with E-state index in [1.807, 2.05) is 42.2 Å². The number of rotatable bonds is 7. The second-order valence-corrected chi connectivity index (χ2v) is 10.9. The average Bonchev–Trinajstić information content (AvgIpc) is 3.49. The summed E-state index contributed by atoms with van der Waals surface area (Å²) in [6, 6.07) is 11.2. The number of nitrogens with zero attached hydrogens (tertiary/aromatic N) is 7. The van der Waals surface area contributed by atoms with E-state index < -0.39 is 10.0 Å². The van der Waals surface area contributed by atoms with Crippen LogP contribution in [0.1, 0.15) is 24.4 Å². The second kappa shape index (κ2) is 10.2. The number of fused-ring (bicyclic) bond motifs is 1. The molecule has 1 aliphatic heterocycles. The van der Waals surface area contributed by atoms with E-state index in [9.17, 15) is 13.7 Å². The third kappa shape index (κ3) is 4.75. The van der Waals surface area contributed by atoms with Crippen molar-refractivity contribution in [2.75, 3.05) is 32.7 Å². The van der Waals surface area contributed by atoms with Crippen LogP contribution >= 0.6 is 0 Å². The van der Waals surface area contributed by atoms with E-state index in [1.165, 1.54) is 6.33 Å². The Bertz CT molecular complexity index is 1500. The molecule has 36 heavy (non-hydrogen) atoms. The van der Waals surface area contributed by atoms with Crippen LogP contribution in [-0.2, 0) is 10.0 Å². The van der Waals surface area contributed by atoms with E-state index in [-0.39, 0.29) is 6.04 Å². The molecule has 4 heterocycles. The molecule has 1 saturated heterocycles. The number of aromatic nitrogens is 5. The highest BCUT2D eigenvalue weighted by molar-refractivity contribution is 7.89. The van der Waals surface area contributed by atoms with Gasteiger partial charge in [0, 0.05) is 49.5 Å². The molecule has 1 atom stereocenters. The lowest BCUT2D eigenvalue weighted by Gasteiger charge is -2.25. The fraction of sp³-hybridized carbons (Fsp3) is 0.360.